The molecule has 6 heteroatoms. The zero-order valence-electron chi connectivity index (χ0n) is 11.6. The molecule has 0 unspecified atom stereocenters. The van der Waals surface area contributed by atoms with Crippen LogP contribution in [0.3, 0.4) is 0 Å². The fourth-order valence-corrected chi connectivity index (χ4v) is 3.20. The Labute approximate surface area is 121 Å². The number of methoxy groups -OCH3 is 1. The number of allylic oxidation sites excluding steroid dienone is 2. The van der Waals surface area contributed by atoms with Gasteiger partial charge in [-0.3, -0.25) is 14.9 Å². The van der Waals surface area contributed by atoms with Crippen molar-refractivity contribution in [3.05, 3.63) is 40.5 Å². The van der Waals surface area contributed by atoms with Crippen LogP contribution >= 0.6 is 0 Å². The summed E-state index contributed by atoms with van der Waals surface area (Å²) in [5.74, 6) is 0.924. The maximum Gasteiger partial charge on any atom is 0.296 e. The van der Waals surface area contributed by atoms with Crippen LogP contribution in [0.15, 0.2) is 30.4 Å². The lowest BCUT2D eigenvalue weighted by molar-refractivity contribution is -0.384. The molecule has 1 saturated carbocycles. The Morgan fingerprint density at radius 1 is 1.38 bits per heavy atom. The molecule has 1 fully saturated rings. The smallest absolute Gasteiger partial charge is 0.296 e. The first-order chi connectivity index (χ1) is 10.1. The predicted octanol–water partition coefficient (Wildman–Crippen LogP) is 2.75. The Balaban J connectivity index is 1.79. The van der Waals surface area contributed by atoms with Crippen LogP contribution < -0.4 is 10.1 Å². The van der Waals surface area contributed by atoms with Gasteiger partial charge in [-0.1, -0.05) is 12.2 Å². The van der Waals surface area contributed by atoms with Crippen molar-refractivity contribution in [2.75, 3.05) is 12.4 Å². The van der Waals surface area contributed by atoms with Gasteiger partial charge in [0.2, 0.25) is 5.91 Å². The zero-order chi connectivity index (χ0) is 15.0. The van der Waals surface area contributed by atoms with Crippen molar-refractivity contribution in [2.45, 2.75) is 12.8 Å². The van der Waals surface area contributed by atoms with Crippen LogP contribution in [0, 0.1) is 27.9 Å². The van der Waals surface area contributed by atoms with Crippen molar-refractivity contribution in [1.82, 2.24) is 0 Å². The van der Waals surface area contributed by atoms with Gasteiger partial charge in [0, 0.05) is 5.92 Å². The number of benzene rings is 1. The third-order valence-electron chi connectivity index (χ3n) is 4.28. The highest BCUT2D eigenvalue weighted by atomic mass is 16.6. The minimum absolute atomic E-state index is 0.0818. The Hall–Kier alpha value is -2.37. The Morgan fingerprint density at radius 2 is 2.19 bits per heavy atom. The van der Waals surface area contributed by atoms with Gasteiger partial charge in [0.05, 0.1) is 18.1 Å². The summed E-state index contributed by atoms with van der Waals surface area (Å²) in [4.78, 5) is 22.9. The molecule has 1 N–H and O–H groups in total. The van der Waals surface area contributed by atoms with E-state index in [1.165, 1.54) is 19.2 Å². The van der Waals surface area contributed by atoms with Crippen molar-refractivity contribution in [1.29, 1.82) is 0 Å². The molecule has 0 saturated heterocycles. The van der Waals surface area contributed by atoms with Crippen molar-refractivity contribution >= 4 is 17.3 Å². The monoisotopic (exact) mass is 288 g/mol. The van der Waals surface area contributed by atoms with Gasteiger partial charge in [-0.25, -0.2) is 0 Å². The van der Waals surface area contributed by atoms with Gasteiger partial charge in [0.1, 0.15) is 11.4 Å². The fourth-order valence-electron chi connectivity index (χ4n) is 3.20. The van der Waals surface area contributed by atoms with Crippen LogP contribution in [0.1, 0.15) is 12.8 Å². The molecule has 0 radical (unpaired) electrons. The largest absolute Gasteiger partial charge is 0.496 e. The highest BCUT2D eigenvalue weighted by Gasteiger charge is 2.40. The number of amides is 1. The number of hydrogen-bond acceptors (Lipinski definition) is 4. The Morgan fingerprint density at radius 3 is 2.76 bits per heavy atom. The van der Waals surface area contributed by atoms with Gasteiger partial charge in [-0.05, 0) is 36.8 Å². The molecule has 1 aromatic rings. The third kappa shape index (κ3) is 2.49. The second-order valence-corrected chi connectivity index (χ2v) is 5.52. The molecule has 2 bridgehead atoms. The number of fused-ring (bicyclic) bond motifs is 2. The molecule has 1 aromatic carbocycles. The molecule has 2 aliphatic rings. The molecule has 3 rings (SSSR count). The lowest BCUT2D eigenvalue weighted by atomic mass is 9.93. The summed E-state index contributed by atoms with van der Waals surface area (Å²) < 4.78 is 4.98. The second kappa shape index (κ2) is 5.20. The summed E-state index contributed by atoms with van der Waals surface area (Å²) in [6, 6.07) is 4.43. The van der Waals surface area contributed by atoms with Gasteiger partial charge >= 0.3 is 0 Å². The van der Waals surface area contributed by atoms with E-state index in [9.17, 15) is 14.9 Å². The molecule has 1 amide bonds. The summed E-state index contributed by atoms with van der Waals surface area (Å²) in [6.45, 7) is 0. The molecule has 6 nitrogen and oxygen atoms in total. The van der Waals surface area contributed by atoms with E-state index in [1.807, 2.05) is 0 Å². The first-order valence-electron chi connectivity index (χ1n) is 6.90. The van der Waals surface area contributed by atoms with Gasteiger partial charge in [-0.2, -0.15) is 0 Å². The van der Waals surface area contributed by atoms with Crippen LogP contribution in [0.4, 0.5) is 11.4 Å². The average molecular weight is 288 g/mol. The number of hydrogen-bond donors (Lipinski definition) is 1. The molecule has 2 aliphatic carbocycles. The van der Waals surface area contributed by atoms with Crippen LogP contribution in [-0.4, -0.2) is 17.9 Å². The van der Waals surface area contributed by atoms with Crippen LogP contribution in [-0.2, 0) is 4.79 Å². The van der Waals surface area contributed by atoms with E-state index < -0.39 is 4.92 Å². The van der Waals surface area contributed by atoms with Gasteiger partial charge in [-0.15, -0.1) is 0 Å². The predicted molar refractivity (Wildman–Crippen MR) is 77.1 cm³/mol. The van der Waals surface area contributed by atoms with Crippen LogP contribution in [0.5, 0.6) is 5.75 Å². The zero-order valence-corrected chi connectivity index (χ0v) is 11.6. The van der Waals surface area contributed by atoms with Crippen LogP contribution in [0.2, 0.25) is 0 Å². The van der Waals surface area contributed by atoms with Gasteiger partial charge < -0.3 is 10.1 Å². The van der Waals surface area contributed by atoms with E-state index in [0.717, 1.165) is 12.8 Å². The Bertz CT molecular complexity index is 626. The van der Waals surface area contributed by atoms with Crippen molar-refractivity contribution < 1.29 is 14.5 Å². The minimum atomic E-state index is -0.515. The number of nitrogens with one attached hydrogen (secondary N) is 1. The number of anilines is 1. The van der Waals surface area contributed by atoms with E-state index in [4.69, 9.17) is 4.74 Å². The molecule has 110 valence electrons. The first kappa shape index (κ1) is 13.6. The molecule has 0 spiro atoms. The summed E-state index contributed by atoms with van der Waals surface area (Å²) in [6.07, 6.45) is 6.09. The lowest BCUT2D eigenvalue weighted by Gasteiger charge is -2.17. The summed E-state index contributed by atoms with van der Waals surface area (Å²) in [5.41, 5.74) is 0.0685. The van der Waals surface area contributed by atoms with Crippen molar-refractivity contribution in [2.24, 2.45) is 17.8 Å². The van der Waals surface area contributed by atoms with E-state index in [1.54, 1.807) is 6.07 Å². The maximum atomic E-state index is 12.3. The van der Waals surface area contributed by atoms with Gasteiger partial charge in [0.25, 0.3) is 5.69 Å². The number of carbonyl (C=O) groups excluding carboxylic acids is 1. The number of nitro groups is 1. The number of ether oxygens (including phenoxy) is 1. The second-order valence-electron chi connectivity index (χ2n) is 5.52. The fraction of sp³-hybridized carbons (Fsp3) is 0.400. The number of nitrogens with zero attached hydrogens (tertiary/aromatic N) is 1. The molecule has 21 heavy (non-hydrogen) atoms. The topological polar surface area (TPSA) is 81.5 Å². The van der Waals surface area contributed by atoms with E-state index in [2.05, 4.69) is 17.5 Å². The summed E-state index contributed by atoms with van der Waals surface area (Å²) >= 11 is 0. The minimum Gasteiger partial charge on any atom is -0.496 e. The normalized spacial score (nSPS) is 25.9. The molecular weight excluding hydrogens is 272 g/mol. The van der Waals surface area contributed by atoms with Crippen molar-refractivity contribution in [3.8, 4) is 5.75 Å². The summed E-state index contributed by atoms with van der Waals surface area (Å²) in [5, 5.41) is 13.8. The van der Waals surface area contributed by atoms with E-state index >= 15 is 0 Å². The maximum absolute atomic E-state index is 12.3. The highest BCUT2D eigenvalue weighted by molar-refractivity contribution is 5.95. The third-order valence-corrected chi connectivity index (χ3v) is 4.28. The van der Waals surface area contributed by atoms with E-state index in [-0.39, 0.29) is 29.1 Å². The Kier molecular flexibility index (Phi) is 3.37. The molecular formula is C15H16N2O4. The molecule has 0 aromatic heterocycles. The quantitative estimate of drug-likeness (QED) is 0.524. The highest BCUT2D eigenvalue weighted by Crippen LogP contribution is 2.44. The SMILES string of the molecule is COc1ccc(NC(=O)[C@@H]2C[C@@H]3C=C[C@H]2C3)c([N+](=O)[O-])c1. The number of carbonyl (C=O) groups is 1. The van der Waals surface area contributed by atoms with Gasteiger partial charge in [0.15, 0.2) is 0 Å². The summed E-state index contributed by atoms with van der Waals surface area (Å²) in [7, 11) is 1.44. The lowest BCUT2D eigenvalue weighted by Crippen LogP contribution is -2.26. The average Bonchev–Trinajstić information content (AvgIpc) is 3.10. The first-order valence-corrected chi connectivity index (χ1v) is 6.90. The number of nitro benzene ring substituents is 1. The molecule has 0 heterocycles. The number of rotatable bonds is 4. The molecule has 0 aliphatic heterocycles. The van der Waals surface area contributed by atoms with Crippen LogP contribution in [0.25, 0.3) is 0 Å². The molecule has 3 atom stereocenters. The van der Waals surface area contributed by atoms with Crippen molar-refractivity contribution in [3.63, 3.8) is 0 Å². The van der Waals surface area contributed by atoms with E-state index in [0.29, 0.717) is 11.7 Å². The standard InChI is InChI=1S/C15H16N2O4/c1-21-11-4-5-13(14(8-11)17(19)20)16-15(18)12-7-9-2-3-10(12)6-9/h2-5,8-10,12H,6-7H2,1H3,(H,16,18)/t9-,10+,12-/m1/s1.